The van der Waals surface area contributed by atoms with Gasteiger partial charge in [-0.15, -0.1) is 0 Å². The molecular formula is C21H23F3N4O3. The highest BCUT2D eigenvalue weighted by atomic mass is 19.4. The molecule has 1 aromatic rings. The van der Waals surface area contributed by atoms with Gasteiger partial charge in [-0.3, -0.25) is 14.5 Å². The van der Waals surface area contributed by atoms with E-state index in [0.717, 1.165) is 18.9 Å². The van der Waals surface area contributed by atoms with Gasteiger partial charge in [-0.1, -0.05) is 18.2 Å². The topological polar surface area (TPSA) is 73.0 Å². The van der Waals surface area contributed by atoms with E-state index >= 15 is 0 Å². The van der Waals surface area contributed by atoms with Gasteiger partial charge in [-0.2, -0.15) is 13.2 Å². The minimum atomic E-state index is -4.63. The van der Waals surface area contributed by atoms with Crippen LogP contribution in [-0.2, 0) is 15.8 Å². The third kappa shape index (κ3) is 3.86. The Balaban J connectivity index is 1.60. The van der Waals surface area contributed by atoms with Crippen molar-refractivity contribution in [1.29, 1.82) is 0 Å². The van der Waals surface area contributed by atoms with Crippen molar-refractivity contribution in [2.75, 3.05) is 33.2 Å². The van der Waals surface area contributed by atoms with E-state index < -0.39 is 29.7 Å². The number of benzene rings is 1. The highest BCUT2D eigenvalue weighted by Crippen LogP contribution is 2.41. The van der Waals surface area contributed by atoms with Crippen molar-refractivity contribution in [2.24, 2.45) is 0 Å². The van der Waals surface area contributed by atoms with Gasteiger partial charge in [0.15, 0.2) is 0 Å². The average molecular weight is 436 g/mol. The zero-order valence-corrected chi connectivity index (χ0v) is 17.0. The van der Waals surface area contributed by atoms with Gasteiger partial charge >= 0.3 is 12.2 Å². The number of carbonyl (C=O) groups is 3. The Kier molecular flexibility index (Phi) is 5.40. The van der Waals surface area contributed by atoms with Crippen LogP contribution in [0.15, 0.2) is 35.5 Å². The molecule has 166 valence electrons. The van der Waals surface area contributed by atoms with Crippen molar-refractivity contribution in [2.45, 2.75) is 31.5 Å². The fraction of sp³-hybridized carbons (Fsp3) is 0.476. The van der Waals surface area contributed by atoms with Gasteiger partial charge in [0.05, 0.1) is 29.4 Å². The number of halogens is 3. The Labute approximate surface area is 177 Å². The summed E-state index contributed by atoms with van der Waals surface area (Å²) in [6.07, 6.45) is -2.57. The van der Waals surface area contributed by atoms with Crippen LogP contribution in [-0.4, -0.2) is 65.8 Å². The summed E-state index contributed by atoms with van der Waals surface area (Å²) in [6, 6.07) is 3.14. The van der Waals surface area contributed by atoms with Crippen LogP contribution in [0.3, 0.4) is 0 Å². The monoisotopic (exact) mass is 436 g/mol. The molecule has 0 unspecified atom stereocenters. The number of urea groups is 1. The Morgan fingerprint density at radius 3 is 2.52 bits per heavy atom. The third-order valence-corrected chi connectivity index (χ3v) is 6.07. The van der Waals surface area contributed by atoms with Crippen LogP contribution in [0.2, 0.25) is 0 Å². The van der Waals surface area contributed by atoms with E-state index in [-0.39, 0.29) is 36.6 Å². The number of likely N-dealkylation sites (N-methyl/N-ethyl adjacent to an activating group) is 1. The van der Waals surface area contributed by atoms with Gasteiger partial charge in [0.25, 0.3) is 5.91 Å². The number of nitrogens with one attached hydrogen (secondary N) is 1. The predicted octanol–water partition coefficient (Wildman–Crippen LogP) is 2.51. The van der Waals surface area contributed by atoms with E-state index in [1.165, 1.54) is 35.0 Å². The van der Waals surface area contributed by atoms with E-state index in [4.69, 9.17) is 0 Å². The number of hydrogen-bond donors (Lipinski definition) is 1. The molecule has 0 bridgehead atoms. The molecule has 0 saturated carbocycles. The second-order valence-corrected chi connectivity index (χ2v) is 7.95. The number of alkyl halides is 3. The molecule has 0 spiro atoms. The molecule has 31 heavy (non-hydrogen) atoms. The van der Waals surface area contributed by atoms with Crippen molar-refractivity contribution >= 4 is 17.8 Å². The van der Waals surface area contributed by atoms with Gasteiger partial charge in [0.1, 0.15) is 0 Å². The Bertz CT molecular complexity index is 953. The lowest BCUT2D eigenvalue weighted by atomic mass is 9.92. The maximum Gasteiger partial charge on any atom is 0.416 e. The average Bonchev–Trinajstić information content (AvgIpc) is 3.37. The standard InChI is InChI=1S/C21H23F3N4O3/c1-26-15-12-28(11-8-16(29)27-9-4-5-10-27)19(30)17(15)18(25-20(26)31)13-6-2-3-7-14(13)21(22,23)24/h2-3,6-7,18H,4-5,8-12H2,1H3,(H,25,31)/t18-/m1/s1. The van der Waals surface area contributed by atoms with E-state index in [1.54, 1.807) is 4.90 Å². The van der Waals surface area contributed by atoms with Crippen molar-refractivity contribution in [3.63, 3.8) is 0 Å². The Morgan fingerprint density at radius 1 is 1.16 bits per heavy atom. The van der Waals surface area contributed by atoms with Gasteiger partial charge in [-0.05, 0) is 24.5 Å². The minimum absolute atomic E-state index is 0.0447. The first-order valence-electron chi connectivity index (χ1n) is 10.2. The molecule has 4 amide bonds. The second-order valence-electron chi connectivity index (χ2n) is 7.95. The summed E-state index contributed by atoms with van der Waals surface area (Å²) in [5.74, 6) is -0.505. The highest BCUT2D eigenvalue weighted by molar-refractivity contribution is 6.01. The predicted molar refractivity (Wildman–Crippen MR) is 105 cm³/mol. The molecule has 4 rings (SSSR count). The van der Waals surface area contributed by atoms with Gasteiger partial charge < -0.3 is 15.1 Å². The molecule has 7 nitrogen and oxygen atoms in total. The summed E-state index contributed by atoms with van der Waals surface area (Å²) in [4.78, 5) is 42.4. The summed E-state index contributed by atoms with van der Waals surface area (Å²) in [7, 11) is 1.47. The first kappa shape index (κ1) is 21.2. The summed E-state index contributed by atoms with van der Waals surface area (Å²) < 4.78 is 40.7. The van der Waals surface area contributed by atoms with Gasteiger partial charge in [-0.25, -0.2) is 4.79 Å². The third-order valence-electron chi connectivity index (χ3n) is 6.07. The van der Waals surface area contributed by atoms with Crippen LogP contribution in [0.5, 0.6) is 0 Å². The SMILES string of the molecule is CN1C(=O)N[C@H](c2ccccc2C(F)(F)F)C2=C1CN(CCC(=O)N1CCCC1)C2=O. The first-order valence-corrected chi connectivity index (χ1v) is 10.2. The lowest BCUT2D eigenvalue weighted by molar-refractivity contribution is -0.138. The first-order chi connectivity index (χ1) is 14.7. The van der Waals surface area contributed by atoms with Crippen molar-refractivity contribution in [1.82, 2.24) is 20.0 Å². The van der Waals surface area contributed by atoms with Crippen LogP contribution in [0.25, 0.3) is 0 Å². The number of nitrogens with zero attached hydrogens (tertiary/aromatic N) is 3. The molecule has 3 aliphatic rings. The quantitative estimate of drug-likeness (QED) is 0.789. The molecule has 3 heterocycles. The fourth-order valence-electron chi connectivity index (χ4n) is 4.40. The van der Waals surface area contributed by atoms with Crippen molar-refractivity contribution in [3.8, 4) is 0 Å². The molecule has 1 N–H and O–H groups in total. The molecule has 1 aromatic carbocycles. The number of likely N-dealkylation sites (tertiary alicyclic amines) is 1. The maximum atomic E-state index is 13.6. The summed E-state index contributed by atoms with van der Waals surface area (Å²) in [5.41, 5.74) is -0.587. The van der Waals surface area contributed by atoms with Crippen molar-refractivity contribution in [3.05, 3.63) is 46.7 Å². The van der Waals surface area contributed by atoms with Crippen LogP contribution in [0.4, 0.5) is 18.0 Å². The zero-order valence-electron chi connectivity index (χ0n) is 17.0. The van der Waals surface area contributed by atoms with E-state index in [9.17, 15) is 27.6 Å². The van der Waals surface area contributed by atoms with Crippen LogP contribution >= 0.6 is 0 Å². The Morgan fingerprint density at radius 2 is 1.84 bits per heavy atom. The van der Waals surface area contributed by atoms with Crippen molar-refractivity contribution < 1.29 is 27.6 Å². The summed E-state index contributed by atoms with van der Waals surface area (Å²) in [5, 5.41) is 2.53. The largest absolute Gasteiger partial charge is 0.416 e. The molecule has 1 atom stereocenters. The lowest BCUT2D eigenvalue weighted by Gasteiger charge is -2.32. The zero-order chi connectivity index (χ0) is 22.3. The van der Waals surface area contributed by atoms with Gasteiger partial charge in [0, 0.05) is 33.1 Å². The molecule has 3 aliphatic heterocycles. The number of amides is 4. The molecule has 1 fully saturated rings. The molecule has 1 saturated heterocycles. The normalized spacial score (nSPS) is 21.7. The van der Waals surface area contributed by atoms with Crippen LogP contribution < -0.4 is 5.32 Å². The minimum Gasteiger partial charge on any atom is -0.343 e. The number of hydrogen-bond acceptors (Lipinski definition) is 3. The van der Waals surface area contributed by atoms with E-state index in [2.05, 4.69) is 5.32 Å². The molecule has 10 heteroatoms. The van der Waals surface area contributed by atoms with Gasteiger partial charge in [0.2, 0.25) is 5.91 Å². The number of rotatable bonds is 4. The summed E-state index contributed by atoms with van der Waals surface area (Å²) in [6.45, 7) is 1.64. The second kappa shape index (κ2) is 7.90. The smallest absolute Gasteiger partial charge is 0.343 e. The van der Waals surface area contributed by atoms with E-state index in [1.807, 2.05) is 0 Å². The van der Waals surface area contributed by atoms with E-state index in [0.29, 0.717) is 18.8 Å². The highest BCUT2D eigenvalue weighted by Gasteiger charge is 2.45. The maximum absolute atomic E-state index is 13.6. The summed E-state index contributed by atoms with van der Waals surface area (Å²) >= 11 is 0. The van der Waals surface area contributed by atoms with Crippen LogP contribution in [0.1, 0.15) is 36.4 Å². The number of carbonyl (C=O) groups excluding carboxylic acids is 3. The molecular weight excluding hydrogens is 413 g/mol. The fourth-order valence-corrected chi connectivity index (χ4v) is 4.40. The Hall–Kier alpha value is -3.04. The molecule has 0 aliphatic carbocycles. The van der Waals surface area contributed by atoms with Crippen LogP contribution in [0, 0.1) is 0 Å². The molecule has 0 radical (unpaired) electrons. The molecule has 0 aromatic heterocycles. The lowest BCUT2D eigenvalue weighted by Crippen LogP contribution is -2.45.